The Bertz CT molecular complexity index is 884. The molecule has 0 amide bonds. The molecule has 158 valence electrons. The molecule has 0 fully saturated rings. The van der Waals surface area contributed by atoms with Crippen LogP contribution in [-0.4, -0.2) is 29.4 Å². The zero-order valence-corrected chi connectivity index (χ0v) is 17.3. The summed E-state index contributed by atoms with van der Waals surface area (Å²) in [5.74, 6) is -0.829. The van der Waals surface area contributed by atoms with Crippen LogP contribution < -0.4 is 5.32 Å². The molecule has 8 nitrogen and oxygen atoms in total. The van der Waals surface area contributed by atoms with Gasteiger partial charge < -0.3 is 5.32 Å². The van der Waals surface area contributed by atoms with E-state index >= 15 is 0 Å². The lowest BCUT2D eigenvalue weighted by Crippen LogP contribution is -2.19. The third kappa shape index (κ3) is 9.15. The van der Waals surface area contributed by atoms with Crippen molar-refractivity contribution in [1.29, 1.82) is 0 Å². The van der Waals surface area contributed by atoms with Crippen LogP contribution in [0, 0.1) is 26.0 Å². The van der Waals surface area contributed by atoms with Gasteiger partial charge in [-0.25, -0.2) is 0 Å². The van der Waals surface area contributed by atoms with Crippen LogP contribution in [0.15, 0.2) is 45.3 Å². The quantitative estimate of drug-likeness (QED) is 0.211. The van der Waals surface area contributed by atoms with E-state index in [4.69, 9.17) is 0 Å². The molecule has 0 aliphatic rings. The average molecular weight is 549 g/mol. The van der Waals surface area contributed by atoms with E-state index in [0.717, 1.165) is 12.1 Å². The number of hydrogen-bond donors (Lipinski definition) is 1. The van der Waals surface area contributed by atoms with Crippen LogP contribution in [0.5, 0.6) is 0 Å². The fraction of sp³-hybridized carbons (Fsp3) is 0.200. The Hall–Kier alpha value is -2.32. The molecular formula is C15H11Br2F4N3O5. The SMILES string of the molecule is O=[N+]([O-])c1ccc(Br)cc1F.O=[N+]([O-])c1ccc(Br)cc1NCCOC(F)(F)F. The number of anilines is 1. The molecule has 1 N–H and O–H groups in total. The lowest BCUT2D eigenvalue weighted by Gasteiger charge is -2.09. The van der Waals surface area contributed by atoms with Gasteiger partial charge in [0, 0.05) is 27.6 Å². The van der Waals surface area contributed by atoms with E-state index in [1.54, 1.807) is 0 Å². The summed E-state index contributed by atoms with van der Waals surface area (Å²) in [6.07, 6.45) is -4.70. The van der Waals surface area contributed by atoms with Crippen LogP contribution in [0.3, 0.4) is 0 Å². The highest BCUT2D eigenvalue weighted by atomic mass is 79.9. The Morgan fingerprint density at radius 2 is 1.48 bits per heavy atom. The first kappa shape index (κ1) is 24.7. The van der Waals surface area contributed by atoms with Crippen LogP contribution in [0.25, 0.3) is 0 Å². The van der Waals surface area contributed by atoms with E-state index < -0.39 is 34.3 Å². The Morgan fingerprint density at radius 1 is 0.966 bits per heavy atom. The van der Waals surface area contributed by atoms with Crippen molar-refractivity contribution < 1.29 is 32.1 Å². The highest BCUT2D eigenvalue weighted by Crippen LogP contribution is 2.27. The summed E-state index contributed by atoms with van der Waals surface area (Å²) in [7, 11) is 0. The molecule has 14 heteroatoms. The van der Waals surface area contributed by atoms with E-state index in [-0.39, 0.29) is 17.9 Å². The third-order valence-electron chi connectivity index (χ3n) is 2.94. The van der Waals surface area contributed by atoms with E-state index in [2.05, 4.69) is 41.9 Å². The predicted octanol–water partition coefficient (Wildman–Crippen LogP) is 5.80. The van der Waals surface area contributed by atoms with Gasteiger partial charge >= 0.3 is 12.0 Å². The van der Waals surface area contributed by atoms with Crippen molar-refractivity contribution >= 4 is 48.9 Å². The minimum Gasteiger partial charge on any atom is -0.377 e. The Labute approximate surface area is 177 Å². The van der Waals surface area contributed by atoms with E-state index in [1.165, 1.54) is 24.3 Å². The Morgan fingerprint density at radius 3 is 1.97 bits per heavy atom. The number of ether oxygens (including phenoxy) is 1. The molecule has 0 spiro atoms. The maximum Gasteiger partial charge on any atom is 0.522 e. The molecular weight excluding hydrogens is 538 g/mol. The predicted molar refractivity (Wildman–Crippen MR) is 102 cm³/mol. The zero-order chi connectivity index (χ0) is 22.2. The van der Waals surface area contributed by atoms with Gasteiger partial charge in [-0.15, -0.1) is 13.2 Å². The van der Waals surface area contributed by atoms with Crippen LogP contribution in [0.4, 0.5) is 34.6 Å². The zero-order valence-electron chi connectivity index (χ0n) is 14.1. The third-order valence-corrected chi connectivity index (χ3v) is 3.93. The smallest absolute Gasteiger partial charge is 0.377 e. The summed E-state index contributed by atoms with van der Waals surface area (Å²) < 4.78 is 52.3. The van der Waals surface area contributed by atoms with Crippen LogP contribution in [-0.2, 0) is 4.74 Å². The van der Waals surface area contributed by atoms with Crippen LogP contribution in [0.2, 0.25) is 0 Å². The monoisotopic (exact) mass is 547 g/mol. The van der Waals surface area contributed by atoms with Crippen molar-refractivity contribution in [2.45, 2.75) is 6.36 Å². The minimum absolute atomic E-state index is 0.125. The van der Waals surface area contributed by atoms with Gasteiger partial charge in [-0.1, -0.05) is 31.9 Å². The molecule has 0 saturated carbocycles. The van der Waals surface area contributed by atoms with Gasteiger partial charge in [-0.3, -0.25) is 25.0 Å². The number of benzene rings is 2. The topological polar surface area (TPSA) is 108 Å². The molecule has 2 aromatic carbocycles. The second-order valence-electron chi connectivity index (χ2n) is 4.99. The molecule has 0 radical (unpaired) electrons. The fourth-order valence-electron chi connectivity index (χ4n) is 1.79. The van der Waals surface area contributed by atoms with Crippen LogP contribution in [0.1, 0.15) is 0 Å². The van der Waals surface area contributed by atoms with Crippen molar-refractivity contribution in [2.24, 2.45) is 0 Å². The molecule has 0 bridgehead atoms. The summed E-state index contributed by atoms with van der Waals surface area (Å²) in [5, 5.41) is 23.3. The van der Waals surface area contributed by atoms with E-state index in [9.17, 15) is 37.8 Å². The molecule has 0 aromatic heterocycles. The number of rotatable bonds is 6. The van der Waals surface area contributed by atoms with Gasteiger partial charge in [0.2, 0.25) is 5.82 Å². The summed E-state index contributed by atoms with van der Waals surface area (Å²) >= 11 is 6.10. The number of alkyl halides is 3. The van der Waals surface area contributed by atoms with Gasteiger partial charge in [-0.05, 0) is 24.3 Å². The number of nitrogens with one attached hydrogen (secondary N) is 1. The second-order valence-corrected chi connectivity index (χ2v) is 6.82. The Kier molecular flexibility index (Phi) is 9.39. The van der Waals surface area contributed by atoms with Crippen molar-refractivity contribution in [3.63, 3.8) is 0 Å². The molecule has 0 saturated heterocycles. The van der Waals surface area contributed by atoms with Crippen molar-refractivity contribution in [1.82, 2.24) is 0 Å². The maximum atomic E-state index is 12.6. The lowest BCUT2D eigenvalue weighted by atomic mass is 10.2. The number of nitrogens with zero attached hydrogens (tertiary/aromatic N) is 2. The maximum absolute atomic E-state index is 12.6. The highest BCUT2D eigenvalue weighted by molar-refractivity contribution is 9.10. The highest BCUT2D eigenvalue weighted by Gasteiger charge is 2.28. The van der Waals surface area contributed by atoms with Gasteiger partial charge in [0.1, 0.15) is 5.69 Å². The van der Waals surface area contributed by atoms with Crippen molar-refractivity contribution in [3.05, 3.63) is 71.4 Å². The van der Waals surface area contributed by atoms with Crippen LogP contribution >= 0.6 is 31.9 Å². The fourth-order valence-corrected chi connectivity index (χ4v) is 2.49. The Balaban J connectivity index is 0.000000326. The average Bonchev–Trinajstić information content (AvgIpc) is 2.58. The summed E-state index contributed by atoms with van der Waals surface area (Å²) in [6.45, 7) is -0.829. The van der Waals surface area contributed by atoms with Gasteiger partial charge in [0.15, 0.2) is 0 Å². The minimum atomic E-state index is -4.70. The first-order chi connectivity index (χ1) is 13.4. The molecule has 0 atom stereocenters. The van der Waals surface area contributed by atoms with Gasteiger partial charge in [-0.2, -0.15) is 4.39 Å². The van der Waals surface area contributed by atoms with E-state index in [0.29, 0.717) is 8.95 Å². The summed E-state index contributed by atoms with van der Waals surface area (Å²) in [6, 6.07) is 7.71. The molecule has 0 heterocycles. The molecule has 0 aliphatic carbocycles. The number of halogens is 6. The number of hydrogen-bond acceptors (Lipinski definition) is 6. The molecule has 0 unspecified atom stereocenters. The molecule has 2 aromatic rings. The summed E-state index contributed by atoms with van der Waals surface area (Å²) in [4.78, 5) is 19.4. The van der Waals surface area contributed by atoms with E-state index in [1.807, 2.05) is 0 Å². The summed E-state index contributed by atoms with van der Waals surface area (Å²) in [5.41, 5.74) is -0.599. The molecule has 0 aliphatic heterocycles. The molecule has 29 heavy (non-hydrogen) atoms. The number of nitro groups is 2. The second kappa shape index (κ2) is 11.0. The normalized spacial score (nSPS) is 10.7. The lowest BCUT2D eigenvalue weighted by molar-refractivity contribution is -0.387. The number of nitro benzene ring substituents is 2. The van der Waals surface area contributed by atoms with Gasteiger partial charge in [0.05, 0.1) is 16.5 Å². The molecule has 2 rings (SSSR count). The van der Waals surface area contributed by atoms with Crippen molar-refractivity contribution in [3.8, 4) is 0 Å². The first-order valence-corrected chi connectivity index (χ1v) is 8.97. The first-order valence-electron chi connectivity index (χ1n) is 7.38. The van der Waals surface area contributed by atoms with Crippen molar-refractivity contribution in [2.75, 3.05) is 18.5 Å². The van der Waals surface area contributed by atoms with Gasteiger partial charge in [0.25, 0.3) is 5.69 Å². The largest absolute Gasteiger partial charge is 0.522 e. The standard InChI is InChI=1S/C9H8BrF3N2O3.C6H3BrFNO2/c10-6-1-2-8(15(16)17)7(5-6)14-3-4-18-9(11,12)13;7-4-1-2-6(9(10)11)5(8)3-4/h1-2,5,14H,3-4H2;1-3H.